The van der Waals surface area contributed by atoms with Gasteiger partial charge in [-0.25, -0.2) is 0 Å². The van der Waals surface area contributed by atoms with Gasteiger partial charge in [-0.15, -0.1) is 0 Å². The normalized spacial score (nSPS) is 13.8. The maximum Gasteiger partial charge on any atom is 0.262 e. The number of imide groups is 1. The van der Waals surface area contributed by atoms with Crippen LogP contribution in [0.5, 0.6) is 11.5 Å². The molecule has 1 aliphatic heterocycles. The standard InChI is InChI=1S/C28H28N4O4/c1-30(2)11-6-12-32-20-10-8-16(36-5)14-18(20)22-24-23(27(33)31(3)28(24)34)21-17-13-15(35-4)7-9-19(17)29-25(21)26(22)32/h7-10,13-14,29H,6,11-12H2,1-5H3. The monoisotopic (exact) mass is 484 g/mol. The van der Waals surface area contributed by atoms with Gasteiger partial charge in [0.15, 0.2) is 0 Å². The second-order valence-electron chi connectivity index (χ2n) is 9.62. The Morgan fingerprint density at radius 2 is 1.53 bits per heavy atom. The lowest BCUT2D eigenvalue weighted by Gasteiger charge is -2.12. The second kappa shape index (κ2) is 7.99. The first kappa shape index (κ1) is 22.4. The molecule has 8 nitrogen and oxygen atoms in total. The number of hydrogen-bond donors (Lipinski definition) is 1. The molecule has 0 unspecified atom stereocenters. The first-order valence-electron chi connectivity index (χ1n) is 12.0. The number of nitrogens with zero attached hydrogens (tertiary/aromatic N) is 3. The number of methoxy groups -OCH3 is 2. The van der Waals surface area contributed by atoms with Crippen LogP contribution in [0.15, 0.2) is 36.4 Å². The van der Waals surface area contributed by atoms with Crippen LogP contribution >= 0.6 is 0 Å². The summed E-state index contributed by atoms with van der Waals surface area (Å²) in [5.41, 5.74) is 4.57. The average molecular weight is 485 g/mol. The molecule has 2 amide bonds. The van der Waals surface area contributed by atoms with Crippen molar-refractivity contribution in [1.29, 1.82) is 0 Å². The number of carbonyl (C=O) groups is 2. The number of rotatable bonds is 6. The lowest BCUT2D eigenvalue weighted by Crippen LogP contribution is -2.24. The van der Waals surface area contributed by atoms with Crippen molar-refractivity contribution in [2.75, 3.05) is 41.9 Å². The minimum absolute atomic E-state index is 0.283. The Labute approximate surface area is 207 Å². The molecule has 2 aromatic heterocycles. The van der Waals surface area contributed by atoms with E-state index in [4.69, 9.17) is 9.47 Å². The molecule has 0 saturated heterocycles. The van der Waals surface area contributed by atoms with Crippen molar-refractivity contribution in [3.05, 3.63) is 47.5 Å². The van der Waals surface area contributed by atoms with Crippen LogP contribution in [0.25, 0.3) is 43.6 Å². The highest BCUT2D eigenvalue weighted by atomic mass is 16.5. The first-order chi connectivity index (χ1) is 17.3. The van der Waals surface area contributed by atoms with Gasteiger partial charge >= 0.3 is 0 Å². The third-order valence-electron chi connectivity index (χ3n) is 7.29. The molecule has 0 aliphatic carbocycles. The van der Waals surface area contributed by atoms with Gasteiger partial charge in [-0.3, -0.25) is 14.5 Å². The lowest BCUT2D eigenvalue weighted by atomic mass is 9.96. The molecule has 36 heavy (non-hydrogen) atoms. The van der Waals surface area contributed by atoms with E-state index in [9.17, 15) is 9.59 Å². The molecule has 0 spiro atoms. The molecule has 1 N–H and O–H groups in total. The van der Waals surface area contributed by atoms with Gasteiger partial charge in [0.05, 0.1) is 36.4 Å². The van der Waals surface area contributed by atoms with Gasteiger partial charge < -0.3 is 23.9 Å². The summed E-state index contributed by atoms with van der Waals surface area (Å²) in [6, 6.07) is 11.7. The summed E-state index contributed by atoms with van der Waals surface area (Å²) in [6.07, 6.45) is 0.928. The number of amides is 2. The number of aromatic nitrogens is 2. The molecular formula is C28H28N4O4. The minimum Gasteiger partial charge on any atom is -0.497 e. The third kappa shape index (κ3) is 2.97. The maximum absolute atomic E-state index is 13.6. The number of ether oxygens (including phenoxy) is 2. The average Bonchev–Trinajstić information content (AvgIpc) is 3.48. The second-order valence-corrected chi connectivity index (χ2v) is 9.62. The van der Waals surface area contributed by atoms with Gasteiger partial charge in [-0.1, -0.05) is 0 Å². The molecule has 184 valence electrons. The molecule has 3 heterocycles. The zero-order valence-electron chi connectivity index (χ0n) is 21.1. The number of hydrogen-bond acceptors (Lipinski definition) is 5. The molecular weight excluding hydrogens is 456 g/mol. The van der Waals surface area contributed by atoms with Crippen LogP contribution in [0.2, 0.25) is 0 Å². The zero-order chi connectivity index (χ0) is 25.3. The van der Waals surface area contributed by atoms with E-state index in [0.29, 0.717) is 22.6 Å². The van der Waals surface area contributed by atoms with Crippen LogP contribution in [-0.4, -0.2) is 73.1 Å². The summed E-state index contributed by atoms with van der Waals surface area (Å²) in [6.45, 7) is 1.69. The molecule has 8 heteroatoms. The van der Waals surface area contributed by atoms with Crippen molar-refractivity contribution < 1.29 is 19.1 Å². The van der Waals surface area contributed by atoms with Crippen LogP contribution in [0.4, 0.5) is 0 Å². The van der Waals surface area contributed by atoms with E-state index in [2.05, 4.69) is 28.5 Å². The molecule has 5 aromatic rings. The number of aryl methyl sites for hydroxylation is 1. The van der Waals surface area contributed by atoms with Crippen LogP contribution < -0.4 is 9.47 Å². The number of nitrogens with one attached hydrogen (secondary N) is 1. The van der Waals surface area contributed by atoms with E-state index in [1.807, 2.05) is 36.4 Å². The van der Waals surface area contributed by atoms with Crippen molar-refractivity contribution in [1.82, 2.24) is 19.4 Å². The number of fused-ring (bicyclic) bond motifs is 10. The molecule has 0 saturated carbocycles. The molecule has 6 rings (SSSR count). The van der Waals surface area contributed by atoms with Crippen molar-refractivity contribution >= 4 is 55.4 Å². The van der Waals surface area contributed by atoms with Crippen molar-refractivity contribution in [2.45, 2.75) is 13.0 Å². The summed E-state index contributed by atoms with van der Waals surface area (Å²) in [5.74, 6) is 0.824. The van der Waals surface area contributed by atoms with E-state index < -0.39 is 0 Å². The topological polar surface area (TPSA) is 79.8 Å². The summed E-state index contributed by atoms with van der Waals surface area (Å²) in [5, 5.41) is 3.32. The van der Waals surface area contributed by atoms with Crippen LogP contribution in [-0.2, 0) is 6.54 Å². The quantitative estimate of drug-likeness (QED) is 0.356. The molecule has 1 aliphatic rings. The minimum atomic E-state index is -0.290. The molecule has 0 fully saturated rings. The lowest BCUT2D eigenvalue weighted by molar-refractivity contribution is 0.0694. The van der Waals surface area contributed by atoms with Crippen molar-refractivity contribution in [3.8, 4) is 11.5 Å². The number of benzene rings is 3. The largest absolute Gasteiger partial charge is 0.497 e. The number of carbonyl (C=O) groups excluding carboxylic acids is 2. The fourth-order valence-corrected chi connectivity index (χ4v) is 5.59. The smallest absolute Gasteiger partial charge is 0.262 e. The molecule has 3 aromatic carbocycles. The van der Waals surface area contributed by atoms with Crippen molar-refractivity contribution in [2.24, 2.45) is 0 Å². The Morgan fingerprint density at radius 3 is 2.19 bits per heavy atom. The van der Waals surface area contributed by atoms with Crippen LogP contribution in [0.1, 0.15) is 27.1 Å². The van der Waals surface area contributed by atoms with E-state index in [-0.39, 0.29) is 11.8 Å². The van der Waals surface area contributed by atoms with Gasteiger partial charge in [0, 0.05) is 46.2 Å². The van der Waals surface area contributed by atoms with Gasteiger partial charge in [-0.05, 0) is 63.5 Å². The number of aromatic amines is 1. The first-order valence-corrected chi connectivity index (χ1v) is 12.0. The summed E-state index contributed by atoms with van der Waals surface area (Å²) < 4.78 is 13.3. The van der Waals surface area contributed by atoms with E-state index in [0.717, 1.165) is 63.1 Å². The van der Waals surface area contributed by atoms with Gasteiger partial charge in [0.25, 0.3) is 11.8 Å². The van der Waals surface area contributed by atoms with Crippen LogP contribution in [0.3, 0.4) is 0 Å². The Morgan fingerprint density at radius 1 is 0.889 bits per heavy atom. The van der Waals surface area contributed by atoms with Gasteiger partial charge in [-0.2, -0.15) is 0 Å². The Balaban J connectivity index is 1.84. The van der Waals surface area contributed by atoms with Gasteiger partial charge in [0.1, 0.15) is 11.5 Å². The predicted octanol–water partition coefficient (Wildman–Crippen LogP) is 4.62. The number of H-pyrrole nitrogens is 1. The van der Waals surface area contributed by atoms with E-state index in [1.165, 1.54) is 4.90 Å². The highest BCUT2D eigenvalue weighted by Crippen LogP contribution is 2.45. The highest BCUT2D eigenvalue weighted by molar-refractivity contribution is 6.39. The summed E-state index contributed by atoms with van der Waals surface area (Å²) >= 11 is 0. The summed E-state index contributed by atoms with van der Waals surface area (Å²) in [7, 11) is 8.93. The fraction of sp³-hybridized carbons (Fsp3) is 0.286. The van der Waals surface area contributed by atoms with E-state index in [1.54, 1.807) is 21.3 Å². The van der Waals surface area contributed by atoms with E-state index >= 15 is 0 Å². The molecule has 0 radical (unpaired) electrons. The van der Waals surface area contributed by atoms with Crippen molar-refractivity contribution in [3.63, 3.8) is 0 Å². The fourth-order valence-electron chi connectivity index (χ4n) is 5.59. The van der Waals surface area contributed by atoms with Crippen LogP contribution in [0, 0.1) is 0 Å². The maximum atomic E-state index is 13.6. The molecule has 0 atom stereocenters. The Hall–Kier alpha value is -4.04. The van der Waals surface area contributed by atoms with Gasteiger partial charge in [0.2, 0.25) is 0 Å². The zero-order valence-corrected chi connectivity index (χ0v) is 21.1. The summed E-state index contributed by atoms with van der Waals surface area (Å²) in [4.78, 5) is 34.0. The Kier molecular flexibility index (Phi) is 4.98. The molecule has 0 bridgehead atoms. The Bertz CT molecular complexity index is 1730. The predicted molar refractivity (Wildman–Crippen MR) is 142 cm³/mol. The SMILES string of the molecule is COc1ccc2[nH]c3c(c4c(c5c6cc(OC)ccc6n(CCCN(C)C)c35)C(=O)N(C)C4=O)c2c1. The highest BCUT2D eigenvalue weighted by Gasteiger charge is 2.39. The third-order valence-corrected chi connectivity index (χ3v) is 7.29.